The van der Waals surface area contributed by atoms with E-state index in [1.165, 1.54) is 30.5 Å². The Morgan fingerprint density at radius 2 is 1.69 bits per heavy atom. The molecular formula is C28H34FN5O. The molecule has 2 aromatic carbocycles. The summed E-state index contributed by atoms with van der Waals surface area (Å²) in [5.74, 6) is -0.394. The summed E-state index contributed by atoms with van der Waals surface area (Å²) in [7, 11) is 2.17. The number of amides is 1. The fraction of sp³-hybridized carbons (Fsp3) is 0.429. The van der Waals surface area contributed by atoms with Crippen molar-refractivity contribution in [3.8, 4) is 11.3 Å². The number of piperazine rings is 1. The number of likely N-dealkylation sites (tertiary alicyclic amines) is 1. The summed E-state index contributed by atoms with van der Waals surface area (Å²) in [5.41, 5.74) is 4.30. The van der Waals surface area contributed by atoms with Gasteiger partial charge in [-0.2, -0.15) is 0 Å². The second-order valence-corrected chi connectivity index (χ2v) is 9.84. The molecule has 1 aromatic heterocycles. The Labute approximate surface area is 206 Å². The highest BCUT2D eigenvalue weighted by Crippen LogP contribution is 2.29. The fourth-order valence-electron chi connectivity index (χ4n) is 4.97. The second-order valence-electron chi connectivity index (χ2n) is 9.84. The molecule has 0 saturated carbocycles. The number of anilines is 1. The first kappa shape index (κ1) is 23.9. The normalized spacial score (nSPS) is 17.8. The van der Waals surface area contributed by atoms with Crippen LogP contribution in [0.3, 0.4) is 0 Å². The molecule has 2 aliphatic heterocycles. The van der Waals surface area contributed by atoms with Gasteiger partial charge in [0.15, 0.2) is 0 Å². The van der Waals surface area contributed by atoms with Crippen LogP contribution >= 0.6 is 0 Å². The number of benzene rings is 2. The molecule has 184 valence electrons. The summed E-state index contributed by atoms with van der Waals surface area (Å²) >= 11 is 0. The summed E-state index contributed by atoms with van der Waals surface area (Å²) < 4.78 is 14.0. The van der Waals surface area contributed by atoms with Crippen molar-refractivity contribution in [2.75, 3.05) is 58.2 Å². The number of carbonyl (C=O) groups excluding carboxylic acids is 1. The lowest BCUT2D eigenvalue weighted by molar-refractivity contribution is -0.116. The van der Waals surface area contributed by atoms with Crippen molar-refractivity contribution in [1.29, 1.82) is 0 Å². The summed E-state index contributed by atoms with van der Waals surface area (Å²) in [6.45, 7) is 8.20. The Bertz CT molecular complexity index is 1170. The Kier molecular flexibility index (Phi) is 7.37. The number of nitrogens with zero attached hydrogens (tertiary/aromatic N) is 4. The Morgan fingerprint density at radius 3 is 2.43 bits per heavy atom. The molecule has 2 aliphatic rings. The molecule has 1 amide bonds. The molecule has 2 saturated heterocycles. The van der Waals surface area contributed by atoms with E-state index >= 15 is 0 Å². The maximum Gasteiger partial charge on any atom is 0.225 e. The van der Waals surface area contributed by atoms with Gasteiger partial charge in [0.05, 0.1) is 16.9 Å². The highest BCUT2D eigenvalue weighted by molar-refractivity contribution is 6.02. The van der Waals surface area contributed by atoms with E-state index in [4.69, 9.17) is 4.98 Å². The molecule has 6 nitrogen and oxygen atoms in total. The number of pyridine rings is 1. The first-order valence-electron chi connectivity index (χ1n) is 12.7. The maximum atomic E-state index is 14.0. The molecule has 7 heteroatoms. The van der Waals surface area contributed by atoms with Crippen LogP contribution in [0.15, 0.2) is 48.5 Å². The van der Waals surface area contributed by atoms with Crippen molar-refractivity contribution in [2.24, 2.45) is 0 Å². The van der Waals surface area contributed by atoms with Crippen molar-refractivity contribution in [3.05, 3.63) is 59.9 Å². The average Bonchev–Trinajstić information content (AvgIpc) is 3.39. The number of rotatable bonds is 7. The van der Waals surface area contributed by atoms with Gasteiger partial charge in [-0.15, -0.1) is 0 Å². The standard InChI is InChI=1S/C28H34FN5O/c1-32-14-16-34(17-15-32)20-21-4-6-22(7-5-21)26-19-27(24-18-23(29)8-9-25(24)30-26)31-28(35)10-13-33-11-2-3-12-33/h4-9,18-19H,2-3,10-17,20H2,1H3,(H,30,31,35). The third-order valence-electron chi connectivity index (χ3n) is 7.15. The molecular weight excluding hydrogens is 441 g/mol. The topological polar surface area (TPSA) is 51.7 Å². The minimum absolute atomic E-state index is 0.0536. The van der Waals surface area contributed by atoms with Crippen LogP contribution in [0, 0.1) is 5.82 Å². The van der Waals surface area contributed by atoms with Gasteiger partial charge in [0.1, 0.15) is 5.82 Å². The number of carbonyl (C=O) groups is 1. The van der Waals surface area contributed by atoms with Crippen LogP contribution in [0.2, 0.25) is 0 Å². The maximum absolute atomic E-state index is 14.0. The summed E-state index contributed by atoms with van der Waals surface area (Å²) in [4.78, 5) is 24.7. The molecule has 0 spiro atoms. The average molecular weight is 476 g/mol. The van der Waals surface area contributed by atoms with Crippen molar-refractivity contribution < 1.29 is 9.18 Å². The van der Waals surface area contributed by atoms with Crippen LogP contribution in [0.5, 0.6) is 0 Å². The Hall–Kier alpha value is -2.87. The van der Waals surface area contributed by atoms with Gasteiger partial charge in [0, 0.05) is 56.6 Å². The van der Waals surface area contributed by atoms with Crippen LogP contribution in [0.1, 0.15) is 24.8 Å². The molecule has 0 radical (unpaired) electrons. The zero-order chi connectivity index (χ0) is 24.2. The van der Waals surface area contributed by atoms with E-state index in [2.05, 4.69) is 51.3 Å². The lowest BCUT2D eigenvalue weighted by Gasteiger charge is -2.32. The monoisotopic (exact) mass is 475 g/mol. The zero-order valence-corrected chi connectivity index (χ0v) is 20.5. The van der Waals surface area contributed by atoms with Crippen LogP contribution < -0.4 is 5.32 Å². The molecule has 1 N–H and O–H groups in total. The minimum Gasteiger partial charge on any atom is -0.325 e. The van der Waals surface area contributed by atoms with E-state index in [0.29, 0.717) is 23.0 Å². The highest BCUT2D eigenvalue weighted by Gasteiger charge is 2.16. The van der Waals surface area contributed by atoms with E-state index in [9.17, 15) is 9.18 Å². The van der Waals surface area contributed by atoms with E-state index in [0.717, 1.165) is 63.6 Å². The van der Waals surface area contributed by atoms with Crippen molar-refractivity contribution in [2.45, 2.75) is 25.8 Å². The van der Waals surface area contributed by atoms with Gasteiger partial charge in [0.25, 0.3) is 0 Å². The lowest BCUT2D eigenvalue weighted by Crippen LogP contribution is -2.43. The van der Waals surface area contributed by atoms with Gasteiger partial charge in [-0.05, 0) is 62.8 Å². The van der Waals surface area contributed by atoms with Gasteiger partial charge >= 0.3 is 0 Å². The number of hydrogen-bond donors (Lipinski definition) is 1. The molecule has 2 fully saturated rings. The molecule has 0 aliphatic carbocycles. The van der Waals surface area contributed by atoms with Gasteiger partial charge in [-0.25, -0.2) is 9.37 Å². The Morgan fingerprint density at radius 1 is 0.943 bits per heavy atom. The van der Waals surface area contributed by atoms with E-state index in [1.54, 1.807) is 6.07 Å². The van der Waals surface area contributed by atoms with Crippen LogP contribution in [-0.2, 0) is 11.3 Å². The number of likely N-dealkylation sites (N-methyl/N-ethyl adjacent to an activating group) is 1. The molecule has 0 bridgehead atoms. The quantitative estimate of drug-likeness (QED) is 0.555. The molecule has 35 heavy (non-hydrogen) atoms. The lowest BCUT2D eigenvalue weighted by atomic mass is 10.1. The summed E-state index contributed by atoms with van der Waals surface area (Å²) in [6.07, 6.45) is 2.83. The number of hydrogen-bond acceptors (Lipinski definition) is 5. The van der Waals surface area contributed by atoms with Crippen molar-refractivity contribution >= 4 is 22.5 Å². The number of nitrogens with one attached hydrogen (secondary N) is 1. The van der Waals surface area contributed by atoms with Crippen molar-refractivity contribution in [3.63, 3.8) is 0 Å². The van der Waals surface area contributed by atoms with Gasteiger partial charge in [-0.3, -0.25) is 9.69 Å². The SMILES string of the molecule is CN1CCN(Cc2ccc(-c3cc(NC(=O)CCN4CCCC4)c4cc(F)ccc4n3)cc2)CC1. The highest BCUT2D eigenvalue weighted by atomic mass is 19.1. The van der Waals surface area contributed by atoms with E-state index in [1.807, 2.05) is 6.07 Å². The summed E-state index contributed by atoms with van der Waals surface area (Å²) in [6, 6.07) is 14.9. The van der Waals surface area contributed by atoms with E-state index < -0.39 is 0 Å². The van der Waals surface area contributed by atoms with Gasteiger partial charge < -0.3 is 15.1 Å². The number of halogens is 1. The number of aromatic nitrogens is 1. The van der Waals surface area contributed by atoms with Gasteiger partial charge in [0.2, 0.25) is 5.91 Å². The minimum atomic E-state index is -0.340. The Balaban J connectivity index is 1.34. The van der Waals surface area contributed by atoms with Crippen molar-refractivity contribution in [1.82, 2.24) is 19.7 Å². The molecule has 3 heterocycles. The third-order valence-corrected chi connectivity index (χ3v) is 7.15. The summed E-state index contributed by atoms with van der Waals surface area (Å²) in [5, 5.41) is 3.65. The number of fused-ring (bicyclic) bond motifs is 1. The van der Waals surface area contributed by atoms with Crippen LogP contribution in [0.25, 0.3) is 22.2 Å². The smallest absolute Gasteiger partial charge is 0.225 e. The fourth-order valence-corrected chi connectivity index (χ4v) is 4.97. The molecule has 0 unspecified atom stereocenters. The predicted molar refractivity (Wildman–Crippen MR) is 139 cm³/mol. The van der Waals surface area contributed by atoms with Crippen LogP contribution in [0.4, 0.5) is 10.1 Å². The second kappa shape index (κ2) is 10.8. The van der Waals surface area contributed by atoms with Crippen LogP contribution in [-0.4, -0.2) is 78.5 Å². The third kappa shape index (κ3) is 6.04. The first-order chi connectivity index (χ1) is 17.0. The molecule has 5 rings (SSSR count). The largest absolute Gasteiger partial charge is 0.325 e. The zero-order valence-electron chi connectivity index (χ0n) is 20.5. The van der Waals surface area contributed by atoms with Gasteiger partial charge in [-0.1, -0.05) is 24.3 Å². The molecule has 3 aromatic rings. The predicted octanol–water partition coefficient (Wildman–Crippen LogP) is 4.21. The first-order valence-corrected chi connectivity index (χ1v) is 12.7. The molecule has 0 atom stereocenters. The van der Waals surface area contributed by atoms with E-state index in [-0.39, 0.29) is 11.7 Å².